The van der Waals surface area contributed by atoms with Gasteiger partial charge in [-0.1, -0.05) is 17.7 Å². The largest absolute Gasteiger partial charge is 0.470 e. The Morgan fingerprint density at radius 2 is 2.38 bits per heavy atom. The molecule has 24 heavy (non-hydrogen) atoms. The predicted molar refractivity (Wildman–Crippen MR) is 90.4 cm³/mol. The fraction of sp³-hybridized carbons (Fsp3) is 0.412. The zero-order valence-corrected chi connectivity index (χ0v) is 14.3. The molecule has 0 aliphatic carbocycles. The Morgan fingerprint density at radius 1 is 1.50 bits per heavy atom. The highest BCUT2D eigenvalue weighted by Gasteiger charge is 2.17. The fourth-order valence-electron chi connectivity index (χ4n) is 2.51. The highest BCUT2D eigenvalue weighted by Crippen LogP contribution is 2.25. The first-order valence-corrected chi connectivity index (χ1v) is 8.32. The Labute approximate surface area is 145 Å². The molecule has 1 amide bonds. The summed E-state index contributed by atoms with van der Waals surface area (Å²) in [6.45, 7) is 3.44. The van der Waals surface area contributed by atoms with Crippen LogP contribution in [0.1, 0.15) is 28.9 Å². The minimum absolute atomic E-state index is 0.114. The number of halogens is 1. The molecule has 2 aromatic rings. The number of benzene rings is 1. The van der Waals surface area contributed by atoms with E-state index in [0.29, 0.717) is 23.0 Å². The lowest BCUT2D eigenvalue weighted by Crippen LogP contribution is -2.32. The van der Waals surface area contributed by atoms with Gasteiger partial charge in [-0.2, -0.15) is 5.10 Å². The van der Waals surface area contributed by atoms with Crippen LogP contribution in [0.2, 0.25) is 5.02 Å². The molecule has 1 aromatic heterocycles. The maximum Gasteiger partial charge on any atom is 0.271 e. The lowest BCUT2D eigenvalue weighted by molar-refractivity contribution is 0.0852. The number of hydrogen-bond acceptors (Lipinski definition) is 4. The van der Waals surface area contributed by atoms with Crippen LogP contribution >= 0.6 is 11.6 Å². The standard InChI is InChI=1S/C17H20ClN3O3/c1-12-4-5-14(18)16(9-12)24-11-21-7-6-15(20-21)17(22)19-10-13-3-2-8-23-13/h4-7,9,13H,2-3,8,10-11H2,1H3,(H,19,22). The third kappa shape index (κ3) is 4.27. The number of amides is 1. The molecule has 1 aliphatic heterocycles. The average Bonchev–Trinajstić information content (AvgIpc) is 3.25. The van der Waals surface area contributed by atoms with Gasteiger partial charge >= 0.3 is 0 Å². The van der Waals surface area contributed by atoms with E-state index >= 15 is 0 Å². The highest BCUT2D eigenvalue weighted by molar-refractivity contribution is 6.32. The SMILES string of the molecule is Cc1ccc(Cl)c(OCn2ccc(C(=O)NCC3CCCO3)n2)c1. The van der Waals surface area contributed by atoms with Crippen molar-refractivity contribution in [2.75, 3.05) is 13.2 Å². The molecule has 128 valence electrons. The third-order valence-corrected chi connectivity index (χ3v) is 4.14. The van der Waals surface area contributed by atoms with Crippen molar-refractivity contribution in [3.8, 4) is 5.75 Å². The summed E-state index contributed by atoms with van der Waals surface area (Å²) in [6.07, 6.45) is 3.85. The number of carbonyl (C=O) groups is 1. The third-order valence-electron chi connectivity index (χ3n) is 3.83. The van der Waals surface area contributed by atoms with Crippen LogP contribution in [0, 0.1) is 6.92 Å². The second-order valence-corrected chi connectivity index (χ2v) is 6.20. The topological polar surface area (TPSA) is 65.4 Å². The molecule has 0 spiro atoms. The van der Waals surface area contributed by atoms with Gasteiger partial charge in [0.2, 0.25) is 0 Å². The summed E-state index contributed by atoms with van der Waals surface area (Å²) in [4.78, 5) is 12.1. The van der Waals surface area contributed by atoms with Crippen LogP contribution in [-0.2, 0) is 11.5 Å². The molecule has 2 heterocycles. The van der Waals surface area contributed by atoms with Crippen molar-refractivity contribution in [3.63, 3.8) is 0 Å². The summed E-state index contributed by atoms with van der Waals surface area (Å²) in [5, 5.41) is 7.60. The molecular weight excluding hydrogens is 330 g/mol. The van der Waals surface area contributed by atoms with Crippen LogP contribution in [-0.4, -0.2) is 34.9 Å². The van der Waals surface area contributed by atoms with Crippen molar-refractivity contribution >= 4 is 17.5 Å². The second-order valence-electron chi connectivity index (χ2n) is 5.79. The summed E-state index contributed by atoms with van der Waals surface area (Å²) in [5.74, 6) is 0.384. The summed E-state index contributed by atoms with van der Waals surface area (Å²) < 4.78 is 12.7. The molecule has 6 nitrogen and oxygen atoms in total. The van der Waals surface area contributed by atoms with E-state index in [9.17, 15) is 4.79 Å². The summed E-state index contributed by atoms with van der Waals surface area (Å²) in [6, 6.07) is 7.23. The molecule has 1 fully saturated rings. The molecule has 7 heteroatoms. The van der Waals surface area contributed by atoms with E-state index in [1.54, 1.807) is 23.0 Å². The molecule has 1 aromatic carbocycles. The van der Waals surface area contributed by atoms with Crippen molar-refractivity contribution in [1.29, 1.82) is 0 Å². The number of nitrogens with zero attached hydrogens (tertiary/aromatic N) is 2. The molecule has 1 unspecified atom stereocenters. The number of carbonyl (C=O) groups excluding carboxylic acids is 1. The van der Waals surface area contributed by atoms with Gasteiger partial charge in [-0.3, -0.25) is 4.79 Å². The number of aryl methyl sites for hydroxylation is 1. The van der Waals surface area contributed by atoms with E-state index in [2.05, 4.69) is 10.4 Å². The van der Waals surface area contributed by atoms with Crippen LogP contribution in [0.3, 0.4) is 0 Å². The Morgan fingerprint density at radius 3 is 3.17 bits per heavy atom. The van der Waals surface area contributed by atoms with Crippen molar-refractivity contribution in [2.45, 2.75) is 32.6 Å². The summed E-state index contributed by atoms with van der Waals surface area (Å²) in [5.41, 5.74) is 1.41. The Kier molecular flexibility index (Phi) is 5.37. The normalized spacial score (nSPS) is 17.0. The zero-order valence-electron chi connectivity index (χ0n) is 13.5. The quantitative estimate of drug-likeness (QED) is 0.871. The van der Waals surface area contributed by atoms with Crippen LogP contribution in [0.15, 0.2) is 30.5 Å². The van der Waals surface area contributed by atoms with E-state index in [-0.39, 0.29) is 18.7 Å². The van der Waals surface area contributed by atoms with Crippen molar-refractivity contribution in [3.05, 3.63) is 46.7 Å². The minimum atomic E-state index is -0.210. The number of hydrogen-bond donors (Lipinski definition) is 1. The molecule has 1 N–H and O–H groups in total. The van der Waals surface area contributed by atoms with Gasteiger partial charge in [0.25, 0.3) is 5.91 Å². The monoisotopic (exact) mass is 349 g/mol. The zero-order chi connectivity index (χ0) is 16.9. The number of nitrogens with one attached hydrogen (secondary N) is 1. The molecule has 1 atom stereocenters. The Hall–Kier alpha value is -2.05. The maximum atomic E-state index is 12.1. The maximum absolute atomic E-state index is 12.1. The fourth-order valence-corrected chi connectivity index (χ4v) is 2.69. The highest BCUT2D eigenvalue weighted by atomic mass is 35.5. The number of aromatic nitrogens is 2. The van der Waals surface area contributed by atoms with Crippen molar-refractivity contribution < 1.29 is 14.3 Å². The minimum Gasteiger partial charge on any atom is -0.470 e. The van der Waals surface area contributed by atoms with Gasteiger partial charge in [-0.25, -0.2) is 4.68 Å². The molecule has 0 saturated carbocycles. The van der Waals surface area contributed by atoms with E-state index in [1.165, 1.54) is 0 Å². The first-order chi connectivity index (χ1) is 11.6. The van der Waals surface area contributed by atoms with E-state index in [0.717, 1.165) is 25.0 Å². The lowest BCUT2D eigenvalue weighted by Gasteiger charge is -2.10. The van der Waals surface area contributed by atoms with Gasteiger partial charge in [-0.05, 0) is 43.5 Å². The summed E-state index contributed by atoms with van der Waals surface area (Å²) >= 11 is 6.09. The van der Waals surface area contributed by atoms with Crippen LogP contribution in [0.25, 0.3) is 0 Å². The van der Waals surface area contributed by atoms with E-state index in [1.807, 2.05) is 19.1 Å². The first kappa shape index (κ1) is 16.8. The van der Waals surface area contributed by atoms with Gasteiger partial charge in [-0.15, -0.1) is 0 Å². The molecule has 0 bridgehead atoms. The molecular formula is C17H20ClN3O3. The number of ether oxygens (including phenoxy) is 2. The Balaban J connectivity index is 1.53. The second kappa shape index (κ2) is 7.68. The first-order valence-electron chi connectivity index (χ1n) is 7.94. The predicted octanol–water partition coefficient (Wildman–Crippen LogP) is 2.79. The molecule has 3 rings (SSSR count). The van der Waals surface area contributed by atoms with Gasteiger partial charge in [0.1, 0.15) is 11.4 Å². The van der Waals surface area contributed by atoms with Crippen LogP contribution in [0.4, 0.5) is 0 Å². The van der Waals surface area contributed by atoms with E-state index in [4.69, 9.17) is 21.1 Å². The Bertz CT molecular complexity index is 711. The average molecular weight is 350 g/mol. The molecule has 1 aliphatic rings. The molecule has 0 radical (unpaired) electrons. The van der Waals surface area contributed by atoms with E-state index < -0.39 is 0 Å². The van der Waals surface area contributed by atoms with Crippen molar-refractivity contribution in [1.82, 2.24) is 15.1 Å². The number of rotatable bonds is 6. The lowest BCUT2D eigenvalue weighted by atomic mass is 10.2. The van der Waals surface area contributed by atoms with Gasteiger partial charge in [0.05, 0.1) is 11.1 Å². The van der Waals surface area contributed by atoms with Gasteiger partial charge in [0.15, 0.2) is 6.73 Å². The van der Waals surface area contributed by atoms with Crippen LogP contribution < -0.4 is 10.1 Å². The van der Waals surface area contributed by atoms with Crippen LogP contribution in [0.5, 0.6) is 5.75 Å². The van der Waals surface area contributed by atoms with Crippen molar-refractivity contribution in [2.24, 2.45) is 0 Å². The van der Waals surface area contributed by atoms with Gasteiger partial charge < -0.3 is 14.8 Å². The smallest absolute Gasteiger partial charge is 0.271 e. The summed E-state index contributed by atoms with van der Waals surface area (Å²) in [7, 11) is 0. The molecule has 1 saturated heterocycles. The van der Waals surface area contributed by atoms with Gasteiger partial charge in [0, 0.05) is 19.3 Å².